The van der Waals surface area contributed by atoms with Gasteiger partial charge in [-0.1, -0.05) is 37.3 Å². The highest BCUT2D eigenvalue weighted by molar-refractivity contribution is 5.73. The van der Waals surface area contributed by atoms with E-state index in [1.54, 1.807) is 21.0 Å². The normalized spacial score (nSPS) is 35.9. The second-order valence-corrected chi connectivity index (χ2v) is 22.2. The average molecular weight is 1010 g/mol. The van der Waals surface area contributed by atoms with Crippen molar-refractivity contribution in [2.24, 2.45) is 11.8 Å². The highest BCUT2D eigenvalue weighted by atomic mass is 16.7. The number of benzene rings is 1. The fourth-order valence-electron chi connectivity index (χ4n) is 10.9. The lowest BCUT2D eigenvalue weighted by atomic mass is 9.83. The van der Waals surface area contributed by atoms with Crippen LogP contribution in [0.3, 0.4) is 0 Å². The fourth-order valence-corrected chi connectivity index (χ4v) is 10.9. The molecule has 0 bridgehead atoms. The smallest absolute Gasteiger partial charge is 0.311 e. The summed E-state index contributed by atoms with van der Waals surface area (Å²) in [5, 5.41) is 45.0. The van der Waals surface area contributed by atoms with E-state index in [-0.39, 0.29) is 37.0 Å². The lowest BCUT2D eigenvalue weighted by Crippen LogP contribution is -2.59. The van der Waals surface area contributed by atoms with Gasteiger partial charge in [0, 0.05) is 101 Å². The molecule has 0 saturated carbocycles. The van der Waals surface area contributed by atoms with Crippen LogP contribution in [0.1, 0.15) is 125 Å². The molecule has 0 spiro atoms. The third kappa shape index (κ3) is 15.5. The first-order valence-electron chi connectivity index (χ1n) is 26.4. The summed E-state index contributed by atoms with van der Waals surface area (Å²) in [5.74, 6) is -0.758. The Hall–Kier alpha value is -3.62. The molecule has 17 nitrogen and oxygen atoms in total. The number of aliphatic hydroxyl groups excluding tert-OH is 1. The molecule has 2 aromatic heterocycles. The molecule has 15 atom stereocenters. The number of aryl methyl sites for hydroxylation is 2. The number of nitrogens with zero attached hydrogens (tertiary/aromatic N) is 6. The van der Waals surface area contributed by atoms with Gasteiger partial charge in [-0.2, -0.15) is 0 Å². The van der Waals surface area contributed by atoms with Gasteiger partial charge in [0.1, 0.15) is 23.6 Å². The Labute approximate surface area is 429 Å². The number of rotatable bonds is 16. The molecule has 3 saturated heterocycles. The molecular weight excluding hydrogens is 921 g/mol. The zero-order valence-corrected chi connectivity index (χ0v) is 45.5. The van der Waals surface area contributed by atoms with Crippen molar-refractivity contribution in [3.05, 3.63) is 60.2 Å². The molecule has 3 N–H and O–H groups in total. The number of ether oxygens (including phenoxy) is 7. The van der Waals surface area contributed by atoms with Gasteiger partial charge in [0.05, 0.1) is 53.8 Å². The minimum Gasteiger partial charge on any atom is -0.494 e. The van der Waals surface area contributed by atoms with Crippen LogP contribution in [0.4, 0.5) is 0 Å². The van der Waals surface area contributed by atoms with Crippen molar-refractivity contribution < 1.29 is 53.3 Å². The van der Waals surface area contributed by atoms with E-state index in [9.17, 15) is 20.1 Å². The van der Waals surface area contributed by atoms with Crippen LogP contribution >= 0.6 is 0 Å². The molecule has 3 aliphatic heterocycles. The third-order valence-electron chi connectivity index (χ3n) is 15.6. The van der Waals surface area contributed by atoms with E-state index in [0.717, 1.165) is 47.7 Å². The third-order valence-corrected chi connectivity index (χ3v) is 15.6. The van der Waals surface area contributed by atoms with Crippen molar-refractivity contribution >= 4 is 5.97 Å². The number of methoxy groups -OCH3 is 1. The van der Waals surface area contributed by atoms with E-state index >= 15 is 0 Å². The molecule has 5 heterocycles. The van der Waals surface area contributed by atoms with Crippen molar-refractivity contribution in [2.45, 2.75) is 212 Å². The maximum Gasteiger partial charge on any atom is 0.311 e. The maximum absolute atomic E-state index is 14.3. The quantitative estimate of drug-likeness (QED) is 0.101. The summed E-state index contributed by atoms with van der Waals surface area (Å²) in [5.41, 5.74) is 0.345. The first kappa shape index (κ1) is 57.7. The van der Waals surface area contributed by atoms with E-state index in [1.165, 1.54) is 6.92 Å². The second kappa shape index (κ2) is 25.3. The van der Waals surface area contributed by atoms with Gasteiger partial charge in [-0.05, 0) is 118 Å². The summed E-state index contributed by atoms with van der Waals surface area (Å²) in [6, 6.07) is 11.8. The molecule has 0 aliphatic carbocycles. The number of carbonyl (C=O) groups excluding carboxylic acids is 1. The number of pyridine rings is 1. The molecule has 3 aromatic rings. The first-order valence-corrected chi connectivity index (χ1v) is 26.4. The molecule has 17 heteroatoms. The van der Waals surface area contributed by atoms with E-state index in [1.807, 2.05) is 101 Å². The summed E-state index contributed by atoms with van der Waals surface area (Å²) in [6.07, 6.45) is 2.77. The topological polar surface area (TPSA) is 192 Å². The van der Waals surface area contributed by atoms with Crippen LogP contribution < -0.4 is 4.74 Å². The number of aliphatic hydroxyl groups is 3. The molecule has 0 amide bonds. The highest BCUT2D eigenvalue weighted by Gasteiger charge is 2.48. The maximum atomic E-state index is 14.3. The highest BCUT2D eigenvalue weighted by Crippen LogP contribution is 2.38. The molecule has 404 valence electrons. The monoisotopic (exact) mass is 1010 g/mol. The molecule has 3 aliphatic rings. The van der Waals surface area contributed by atoms with Crippen molar-refractivity contribution in [1.29, 1.82) is 0 Å². The van der Waals surface area contributed by atoms with Crippen LogP contribution in [0.15, 0.2) is 48.8 Å². The number of esters is 1. The predicted octanol–water partition coefficient (Wildman–Crippen LogP) is 6.76. The molecule has 6 rings (SSSR count). The minimum absolute atomic E-state index is 0.0786. The molecule has 0 radical (unpaired) electrons. The average Bonchev–Trinajstić information content (AvgIpc) is 3.79. The number of hydrogen-bond acceptors (Lipinski definition) is 16. The van der Waals surface area contributed by atoms with Crippen molar-refractivity contribution in [1.82, 2.24) is 29.8 Å². The van der Waals surface area contributed by atoms with Crippen LogP contribution in [-0.2, 0) is 46.2 Å². The van der Waals surface area contributed by atoms with Crippen LogP contribution in [0.5, 0.6) is 5.75 Å². The summed E-state index contributed by atoms with van der Waals surface area (Å²) >= 11 is 0. The molecule has 3 fully saturated rings. The Bertz CT molecular complexity index is 2120. The Morgan fingerprint density at radius 3 is 2.29 bits per heavy atom. The molecule has 72 heavy (non-hydrogen) atoms. The van der Waals surface area contributed by atoms with Crippen molar-refractivity contribution in [3.63, 3.8) is 0 Å². The van der Waals surface area contributed by atoms with E-state index in [4.69, 9.17) is 33.2 Å². The predicted molar refractivity (Wildman–Crippen MR) is 274 cm³/mol. The van der Waals surface area contributed by atoms with E-state index in [2.05, 4.69) is 40.2 Å². The van der Waals surface area contributed by atoms with Crippen LogP contribution in [0, 0.1) is 18.8 Å². The van der Waals surface area contributed by atoms with Gasteiger partial charge in [0.25, 0.3) is 0 Å². The summed E-state index contributed by atoms with van der Waals surface area (Å²) in [7, 11) is 5.68. The van der Waals surface area contributed by atoms with Crippen LogP contribution in [0.2, 0.25) is 0 Å². The fraction of sp³-hybridized carbons (Fsp3) is 0.745. The van der Waals surface area contributed by atoms with Gasteiger partial charge in [-0.25, -0.2) is 0 Å². The standard InChI is InChI=1S/C55H88N6O11/c1-14-47-55(10,65)51(62)40(7)60(12)33-35(2)29-54(9,64)48(28-46(39(6)52(63)72-47)70-50-31-53(8,66-13)30-38(5)69-50)71-49-27-44(26-37(4)68-49)59(11)24-22-43-34-61(58-57-43)23-15-25-67-45-20-18-41(19-21-45)42-17-16-36(3)56-32-42/h16-21,32,34-35,37-40,44,46-51,62,64-65H,14-15,22-31,33H2,1-13H3/t35-,37-,38+,39-,40-,44+,46+,47-,48-,49+,50+,51-,53+,54-,55-/m1/s1. The zero-order chi connectivity index (χ0) is 52.5. The van der Waals surface area contributed by atoms with Gasteiger partial charge in [-0.15, -0.1) is 5.10 Å². The number of hydrogen-bond donors (Lipinski definition) is 3. The molecular formula is C55H88N6O11. The molecule has 1 aromatic carbocycles. The van der Waals surface area contributed by atoms with E-state index in [0.29, 0.717) is 51.8 Å². The summed E-state index contributed by atoms with van der Waals surface area (Å²) in [4.78, 5) is 23.0. The van der Waals surface area contributed by atoms with Gasteiger partial charge >= 0.3 is 5.97 Å². The van der Waals surface area contributed by atoms with Crippen LogP contribution in [-0.4, -0.2) is 170 Å². The SMILES string of the molecule is CC[C@H]1OC(=O)[C@H](C)[C@@H](O[C@H]2C[C@@](C)(OC)C[C@H](C)O2)C[C@@H](O[C@H]2C[C@@H](N(C)CCc3cn(CCCOc4ccc(-c5ccc(C)nc5)cc4)nn3)C[C@@H](C)O2)[C@](C)(O)C[C@@H](C)CN(C)[C@H](C)[C@@H](O)[C@]1(C)O. The second-order valence-electron chi connectivity index (χ2n) is 22.2. The van der Waals surface area contributed by atoms with Gasteiger partial charge in [-0.3, -0.25) is 14.5 Å². The van der Waals surface area contributed by atoms with Crippen molar-refractivity contribution in [2.75, 3.05) is 40.9 Å². The van der Waals surface area contributed by atoms with Gasteiger partial charge in [0.2, 0.25) is 0 Å². The van der Waals surface area contributed by atoms with Gasteiger partial charge < -0.3 is 58.3 Å². The summed E-state index contributed by atoms with van der Waals surface area (Å²) in [6.45, 7) is 21.3. The summed E-state index contributed by atoms with van der Waals surface area (Å²) < 4.78 is 46.6. The largest absolute Gasteiger partial charge is 0.494 e. The Kier molecular flexibility index (Phi) is 20.2. The minimum atomic E-state index is -1.76. The lowest BCUT2D eigenvalue weighted by Gasteiger charge is -2.45. The number of aromatic nitrogens is 4. The lowest BCUT2D eigenvalue weighted by molar-refractivity contribution is -0.279. The number of carbonyl (C=O) groups is 1. The first-order chi connectivity index (χ1) is 34.0. The Balaban J connectivity index is 1.12. The Morgan fingerprint density at radius 2 is 1.61 bits per heavy atom. The number of cyclic esters (lactones) is 1. The zero-order valence-electron chi connectivity index (χ0n) is 45.5. The Morgan fingerprint density at radius 1 is 0.903 bits per heavy atom. The number of likely N-dealkylation sites (N-methyl/N-ethyl adjacent to an activating group) is 2. The van der Waals surface area contributed by atoms with E-state index < -0.39 is 71.7 Å². The molecule has 0 unspecified atom stereocenters. The van der Waals surface area contributed by atoms with Crippen LogP contribution in [0.25, 0.3) is 11.1 Å². The van der Waals surface area contributed by atoms with Gasteiger partial charge in [0.15, 0.2) is 12.6 Å². The van der Waals surface area contributed by atoms with Crippen molar-refractivity contribution in [3.8, 4) is 16.9 Å².